The lowest BCUT2D eigenvalue weighted by Gasteiger charge is -2.29. The van der Waals surface area contributed by atoms with E-state index in [2.05, 4.69) is 10.3 Å². The van der Waals surface area contributed by atoms with E-state index in [0.29, 0.717) is 17.1 Å². The van der Waals surface area contributed by atoms with Crippen molar-refractivity contribution in [1.29, 1.82) is 0 Å². The van der Waals surface area contributed by atoms with Gasteiger partial charge in [-0.3, -0.25) is 9.59 Å². The van der Waals surface area contributed by atoms with Gasteiger partial charge in [0.2, 0.25) is 5.91 Å². The van der Waals surface area contributed by atoms with Crippen LogP contribution in [0.1, 0.15) is 29.3 Å². The number of halogens is 4. The zero-order chi connectivity index (χ0) is 25.9. The number of alkyl halides is 3. The number of hydrogen-bond donors (Lipinski definition) is 2. The number of amides is 1. The molecule has 1 aliphatic rings. The smallest absolute Gasteiger partial charge is 0.433 e. The zero-order valence-corrected chi connectivity index (χ0v) is 18.8. The van der Waals surface area contributed by atoms with Crippen LogP contribution in [0.25, 0.3) is 0 Å². The Labute approximate surface area is 203 Å². The van der Waals surface area contributed by atoms with Crippen LogP contribution in [0.3, 0.4) is 0 Å². The number of benzene rings is 2. The lowest BCUT2D eigenvalue weighted by atomic mass is 10.0. The lowest BCUT2D eigenvalue weighted by Crippen LogP contribution is -2.38. The summed E-state index contributed by atoms with van der Waals surface area (Å²) in [6, 6.07) is 13.0. The molecule has 4 rings (SSSR count). The molecule has 2 aromatic carbocycles. The highest BCUT2D eigenvalue weighted by atomic mass is 19.4. The van der Waals surface area contributed by atoms with Gasteiger partial charge in [0.15, 0.2) is 0 Å². The summed E-state index contributed by atoms with van der Waals surface area (Å²) in [5.41, 5.74) is -0.332. The minimum Gasteiger partial charge on any atom is -0.481 e. The first-order valence-electron chi connectivity index (χ1n) is 11.0. The van der Waals surface area contributed by atoms with Crippen molar-refractivity contribution in [3.63, 3.8) is 0 Å². The Morgan fingerprint density at radius 3 is 2.53 bits per heavy atom. The van der Waals surface area contributed by atoms with Crippen LogP contribution < -0.4 is 10.1 Å². The molecule has 36 heavy (non-hydrogen) atoms. The topological polar surface area (TPSA) is 91.8 Å². The van der Waals surface area contributed by atoms with Crippen LogP contribution in [0.2, 0.25) is 0 Å². The molecular formula is C25H21F4N3O4. The Hall–Kier alpha value is -4.15. The first-order chi connectivity index (χ1) is 17.1. The summed E-state index contributed by atoms with van der Waals surface area (Å²) >= 11 is 0. The van der Waals surface area contributed by atoms with E-state index in [9.17, 15) is 32.3 Å². The van der Waals surface area contributed by atoms with Gasteiger partial charge in [-0.25, -0.2) is 9.37 Å². The van der Waals surface area contributed by atoms with Gasteiger partial charge in [0.1, 0.15) is 28.8 Å². The summed E-state index contributed by atoms with van der Waals surface area (Å²) in [6.07, 6.45) is -5.26. The minimum absolute atomic E-state index is 0.0697. The molecule has 0 unspecified atom stereocenters. The molecule has 11 heteroatoms. The van der Waals surface area contributed by atoms with Crippen molar-refractivity contribution in [2.24, 2.45) is 0 Å². The second-order valence-electron chi connectivity index (χ2n) is 8.14. The highest BCUT2D eigenvalue weighted by Crippen LogP contribution is 2.36. The normalized spacial score (nSPS) is 15.4. The third kappa shape index (κ3) is 5.91. The molecule has 1 aromatic heterocycles. The molecular weight excluding hydrogens is 482 g/mol. The second kappa shape index (κ2) is 10.2. The Balaban J connectivity index is 1.56. The maximum absolute atomic E-state index is 13.3. The molecule has 0 radical (unpaired) electrons. The van der Waals surface area contributed by atoms with Gasteiger partial charge in [0, 0.05) is 18.7 Å². The van der Waals surface area contributed by atoms with Crippen molar-refractivity contribution in [2.45, 2.75) is 25.1 Å². The quantitative estimate of drug-likeness (QED) is 0.458. The van der Waals surface area contributed by atoms with Crippen LogP contribution in [0.15, 0.2) is 60.7 Å². The molecule has 1 amide bonds. The molecule has 0 saturated heterocycles. The number of rotatable bonds is 6. The number of aromatic nitrogens is 1. The zero-order valence-electron chi connectivity index (χ0n) is 18.8. The molecule has 7 nitrogen and oxygen atoms in total. The van der Waals surface area contributed by atoms with Crippen LogP contribution in [0.5, 0.6) is 11.5 Å². The number of nitrogens with one attached hydrogen (secondary N) is 1. The monoisotopic (exact) mass is 503 g/mol. The number of pyridine rings is 1. The van der Waals surface area contributed by atoms with E-state index in [1.807, 2.05) is 0 Å². The predicted octanol–water partition coefficient (Wildman–Crippen LogP) is 5.04. The molecule has 1 aliphatic heterocycles. The standard InChI is InChI=1S/C25H21F4N3O4/c26-16-4-6-17(7-5-16)36-18-3-1-2-15(12-18)13-22(33)32-11-10-30-24-19(20(32)14-23(34)35)8-9-21(31-24)25(27,28)29/h1-9,12,20H,10-11,13-14H2,(H,30,31)(H,34,35)/t20-/m1/s1. The van der Waals surface area contributed by atoms with E-state index in [1.165, 1.54) is 29.2 Å². The van der Waals surface area contributed by atoms with Crippen LogP contribution in [0.4, 0.5) is 23.4 Å². The second-order valence-corrected chi connectivity index (χ2v) is 8.14. The van der Waals surface area contributed by atoms with E-state index >= 15 is 0 Å². The summed E-state index contributed by atoms with van der Waals surface area (Å²) in [6.45, 7) is 0.164. The van der Waals surface area contributed by atoms with E-state index in [1.54, 1.807) is 24.3 Å². The summed E-state index contributed by atoms with van der Waals surface area (Å²) in [4.78, 5) is 29.8. The van der Waals surface area contributed by atoms with Gasteiger partial charge in [-0.15, -0.1) is 0 Å². The summed E-state index contributed by atoms with van der Waals surface area (Å²) in [5.74, 6) is -1.30. The van der Waals surface area contributed by atoms with E-state index < -0.39 is 42.0 Å². The van der Waals surface area contributed by atoms with Crippen molar-refractivity contribution in [1.82, 2.24) is 9.88 Å². The molecule has 0 saturated carbocycles. The van der Waals surface area contributed by atoms with Crippen molar-refractivity contribution < 1.29 is 37.0 Å². The average molecular weight is 503 g/mol. The molecule has 2 N–H and O–H groups in total. The van der Waals surface area contributed by atoms with Gasteiger partial charge in [0.05, 0.1) is 18.9 Å². The van der Waals surface area contributed by atoms with Gasteiger partial charge in [-0.05, 0) is 48.0 Å². The molecule has 3 aromatic rings. The van der Waals surface area contributed by atoms with Crippen LogP contribution in [-0.2, 0) is 22.2 Å². The number of hydrogen-bond acceptors (Lipinski definition) is 5. The number of anilines is 1. The average Bonchev–Trinajstić information content (AvgIpc) is 2.99. The number of ether oxygens (including phenoxy) is 1. The van der Waals surface area contributed by atoms with Gasteiger partial charge in [-0.2, -0.15) is 13.2 Å². The van der Waals surface area contributed by atoms with Crippen molar-refractivity contribution in [3.8, 4) is 11.5 Å². The first kappa shape index (κ1) is 25.0. The molecule has 2 heterocycles. The summed E-state index contributed by atoms with van der Waals surface area (Å²) < 4.78 is 58.2. The highest BCUT2D eigenvalue weighted by Gasteiger charge is 2.36. The fraction of sp³-hybridized carbons (Fsp3) is 0.240. The van der Waals surface area contributed by atoms with Gasteiger partial charge in [-0.1, -0.05) is 18.2 Å². The summed E-state index contributed by atoms with van der Waals surface area (Å²) in [7, 11) is 0. The third-order valence-corrected chi connectivity index (χ3v) is 5.59. The largest absolute Gasteiger partial charge is 0.481 e. The number of fused-ring (bicyclic) bond motifs is 1. The van der Waals surface area contributed by atoms with E-state index in [-0.39, 0.29) is 30.9 Å². The number of nitrogens with zero attached hydrogens (tertiary/aromatic N) is 2. The van der Waals surface area contributed by atoms with E-state index in [4.69, 9.17) is 4.74 Å². The van der Waals surface area contributed by atoms with Gasteiger partial charge >= 0.3 is 12.1 Å². The highest BCUT2D eigenvalue weighted by molar-refractivity contribution is 5.81. The van der Waals surface area contributed by atoms with E-state index in [0.717, 1.165) is 12.1 Å². The molecule has 0 aliphatic carbocycles. The predicted molar refractivity (Wildman–Crippen MR) is 121 cm³/mol. The molecule has 1 atom stereocenters. The summed E-state index contributed by atoms with van der Waals surface area (Å²) in [5, 5.41) is 12.2. The van der Waals surface area contributed by atoms with Crippen molar-refractivity contribution in [2.75, 3.05) is 18.4 Å². The number of carboxylic acids is 1. The van der Waals surface area contributed by atoms with Gasteiger partial charge < -0.3 is 20.1 Å². The third-order valence-electron chi connectivity index (χ3n) is 5.59. The number of carboxylic acid groups (broad SMARTS) is 1. The Morgan fingerprint density at radius 1 is 1.08 bits per heavy atom. The maximum atomic E-state index is 13.3. The lowest BCUT2D eigenvalue weighted by molar-refractivity contribution is -0.142. The molecule has 188 valence electrons. The Bertz CT molecular complexity index is 1260. The van der Waals surface area contributed by atoms with Crippen molar-refractivity contribution in [3.05, 3.63) is 83.3 Å². The fourth-order valence-electron chi connectivity index (χ4n) is 3.97. The molecule has 0 bridgehead atoms. The fourth-order valence-corrected chi connectivity index (χ4v) is 3.97. The Kier molecular flexibility index (Phi) is 7.09. The SMILES string of the molecule is O=C(O)C[C@@H]1c2ccc(C(F)(F)F)nc2NCCN1C(=O)Cc1cccc(Oc2ccc(F)cc2)c1. The number of carbonyl (C=O) groups excluding carboxylic acids is 1. The molecule has 0 fully saturated rings. The number of aliphatic carboxylic acids is 1. The maximum Gasteiger partial charge on any atom is 0.433 e. The number of carbonyl (C=O) groups is 2. The first-order valence-corrected chi connectivity index (χ1v) is 11.0. The Morgan fingerprint density at radius 2 is 1.83 bits per heavy atom. The minimum atomic E-state index is -4.66. The van der Waals surface area contributed by atoms with Crippen LogP contribution >= 0.6 is 0 Å². The molecule has 0 spiro atoms. The van der Waals surface area contributed by atoms with Crippen LogP contribution in [-0.4, -0.2) is 40.0 Å². The van der Waals surface area contributed by atoms with Crippen LogP contribution in [0, 0.1) is 5.82 Å². The van der Waals surface area contributed by atoms with Gasteiger partial charge in [0.25, 0.3) is 0 Å². The van der Waals surface area contributed by atoms with Crippen molar-refractivity contribution >= 4 is 17.7 Å².